The van der Waals surface area contributed by atoms with E-state index >= 15 is 0 Å². The second kappa shape index (κ2) is 9.18. The summed E-state index contributed by atoms with van der Waals surface area (Å²) in [5.74, 6) is -0.753. The highest BCUT2D eigenvalue weighted by Crippen LogP contribution is 2.24. The van der Waals surface area contributed by atoms with Crippen LogP contribution in [0, 0.1) is 6.92 Å². The average molecular weight is 423 g/mol. The quantitative estimate of drug-likeness (QED) is 0.490. The maximum atomic E-state index is 12.8. The van der Waals surface area contributed by atoms with E-state index in [1.807, 2.05) is 37.3 Å². The largest absolute Gasteiger partial charge is 0.366 e. The Bertz CT molecular complexity index is 1270. The molecule has 32 heavy (non-hydrogen) atoms. The predicted octanol–water partition coefficient (Wildman–Crippen LogP) is 3.79. The molecule has 0 fully saturated rings. The summed E-state index contributed by atoms with van der Waals surface area (Å²) in [5, 5.41) is 2.85. The molecule has 0 aliphatic heterocycles. The van der Waals surface area contributed by atoms with Gasteiger partial charge in [0.15, 0.2) is 0 Å². The van der Waals surface area contributed by atoms with Crippen LogP contribution in [0.15, 0.2) is 79.4 Å². The standard InChI is InChI=1S/C25H21N5O2/c1-16-4-5-18(25(32)30-20-8-6-17(7-9-20)24(26)31)13-19(16)14-23-21(3-2-11-28-23)22-10-12-27-15-29-22/h2-13,15H,14H2,1H3,(H2,26,31)(H,30,32). The lowest BCUT2D eigenvalue weighted by molar-refractivity contribution is 0.0998. The van der Waals surface area contributed by atoms with Crippen LogP contribution in [0.2, 0.25) is 0 Å². The Morgan fingerprint density at radius 1 is 0.938 bits per heavy atom. The zero-order chi connectivity index (χ0) is 22.5. The molecule has 2 heterocycles. The third-order valence-electron chi connectivity index (χ3n) is 5.14. The van der Waals surface area contributed by atoms with Gasteiger partial charge in [-0.25, -0.2) is 9.97 Å². The molecule has 4 aromatic rings. The number of anilines is 1. The SMILES string of the molecule is Cc1ccc(C(=O)Nc2ccc(C(N)=O)cc2)cc1Cc1ncccc1-c1ccncn1. The van der Waals surface area contributed by atoms with Gasteiger partial charge in [-0.2, -0.15) is 0 Å². The number of nitrogens with two attached hydrogens (primary N) is 1. The van der Waals surface area contributed by atoms with Crippen LogP contribution in [-0.2, 0) is 6.42 Å². The maximum Gasteiger partial charge on any atom is 0.255 e. The van der Waals surface area contributed by atoms with Crippen molar-refractivity contribution >= 4 is 17.5 Å². The van der Waals surface area contributed by atoms with Gasteiger partial charge in [0.2, 0.25) is 5.91 Å². The molecule has 0 aliphatic carbocycles. The molecule has 0 aliphatic rings. The lowest BCUT2D eigenvalue weighted by Gasteiger charge is -2.12. The molecule has 0 spiro atoms. The number of hydrogen-bond acceptors (Lipinski definition) is 5. The predicted molar refractivity (Wildman–Crippen MR) is 122 cm³/mol. The minimum absolute atomic E-state index is 0.241. The molecule has 2 aromatic carbocycles. The number of aromatic nitrogens is 3. The zero-order valence-electron chi connectivity index (χ0n) is 17.4. The second-order valence-electron chi connectivity index (χ2n) is 7.31. The highest BCUT2D eigenvalue weighted by Gasteiger charge is 2.13. The van der Waals surface area contributed by atoms with Crippen LogP contribution in [0.3, 0.4) is 0 Å². The minimum atomic E-state index is -0.512. The molecule has 0 bridgehead atoms. The number of nitrogens with one attached hydrogen (secondary N) is 1. The molecule has 2 aromatic heterocycles. The fourth-order valence-corrected chi connectivity index (χ4v) is 3.37. The third-order valence-corrected chi connectivity index (χ3v) is 5.14. The van der Waals surface area contributed by atoms with Crippen molar-refractivity contribution in [3.8, 4) is 11.3 Å². The molecular formula is C25H21N5O2. The number of aryl methyl sites for hydroxylation is 1. The van der Waals surface area contributed by atoms with Crippen molar-refractivity contribution in [1.82, 2.24) is 15.0 Å². The van der Waals surface area contributed by atoms with Gasteiger partial charge >= 0.3 is 0 Å². The topological polar surface area (TPSA) is 111 Å². The molecule has 0 atom stereocenters. The molecular weight excluding hydrogens is 402 g/mol. The first-order valence-corrected chi connectivity index (χ1v) is 10.0. The summed E-state index contributed by atoms with van der Waals surface area (Å²) >= 11 is 0. The summed E-state index contributed by atoms with van der Waals surface area (Å²) in [6.07, 6.45) is 5.52. The summed E-state index contributed by atoms with van der Waals surface area (Å²) in [5.41, 5.74) is 11.4. The van der Waals surface area contributed by atoms with E-state index < -0.39 is 5.91 Å². The summed E-state index contributed by atoms with van der Waals surface area (Å²) in [7, 11) is 0. The Morgan fingerprint density at radius 3 is 2.44 bits per heavy atom. The molecule has 0 saturated carbocycles. The first-order valence-electron chi connectivity index (χ1n) is 10.0. The van der Waals surface area contributed by atoms with Gasteiger partial charge in [-0.05, 0) is 72.6 Å². The summed E-state index contributed by atoms with van der Waals surface area (Å²) in [4.78, 5) is 36.9. The van der Waals surface area contributed by atoms with Crippen LogP contribution < -0.4 is 11.1 Å². The van der Waals surface area contributed by atoms with E-state index in [1.54, 1.807) is 42.7 Å². The Hall–Kier alpha value is -4.39. The molecule has 158 valence electrons. The van der Waals surface area contributed by atoms with Crippen molar-refractivity contribution in [2.24, 2.45) is 5.73 Å². The zero-order valence-corrected chi connectivity index (χ0v) is 17.4. The molecule has 2 amide bonds. The Labute approximate surface area is 185 Å². The molecule has 7 heteroatoms. The summed E-state index contributed by atoms with van der Waals surface area (Å²) < 4.78 is 0. The number of nitrogens with zero attached hydrogens (tertiary/aromatic N) is 3. The van der Waals surface area contributed by atoms with Crippen molar-refractivity contribution in [3.63, 3.8) is 0 Å². The molecule has 0 unspecified atom stereocenters. The number of hydrogen-bond donors (Lipinski definition) is 2. The van der Waals surface area contributed by atoms with Crippen molar-refractivity contribution in [2.75, 3.05) is 5.32 Å². The number of benzene rings is 2. The fourth-order valence-electron chi connectivity index (χ4n) is 3.37. The number of carbonyl (C=O) groups excluding carboxylic acids is 2. The number of amides is 2. The molecule has 3 N–H and O–H groups in total. The summed E-state index contributed by atoms with van der Waals surface area (Å²) in [6, 6.07) is 17.7. The number of rotatable bonds is 6. The lowest BCUT2D eigenvalue weighted by Crippen LogP contribution is -2.14. The van der Waals surface area contributed by atoms with E-state index in [-0.39, 0.29) is 5.91 Å². The third kappa shape index (κ3) is 4.67. The smallest absolute Gasteiger partial charge is 0.255 e. The number of primary amides is 1. The van der Waals surface area contributed by atoms with E-state index in [4.69, 9.17) is 5.73 Å². The fraction of sp³-hybridized carbons (Fsp3) is 0.0800. The van der Waals surface area contributed by atoms with E-state index in [9.17, 15) is 9.59 Å². The average Bonchev–Trinajstić information content (AvgIpc) is 2.81. The monoisotopic (exact) mass is 423 g/mol. The van der Waals surface area contributed by atoms with Crippen LogP contribution in [-0.4, -0.2) is 26.8 Å². The van der Waals surface area contributed by atoms with E-state index in [1.165, 1.54) is 6.33 Å². The van der Waals surface area contributed by atoms with Gasteiger partial charge in [0, 0.05) is 41.2 Å². The first kappa shape index (κ1) is 20.9. The van der Waals surface area contributed by atoms with Crippen LogP contribution in [0.1, 0.15) is 37.5 Å². The Balaban J connectivity index is 1.57. The Morgan fingerprint density at radius 2 is 1.72 bits per heavy atom. The van der Waals surface area contributed by atoms with Gasteiger partial charge in [0.25, 0.3) is 5.91 Å². The first-order chi connectivity index (χ1) is 15.5. The van der Waals surface area contributed by atoms with E-state index in [0.717, 1.165) is 28.1 Å². The molecule has 7 nitrogen and oxygen atoms in total. The van der Waals surface area contributed by atoms with Crippen molar-refractivity contribution in [3.05, 3.63) is 107 Å². The van der Waals surface area contributed by atoms with Gasteiger partial charge in [-0.3, -0.25) is 14.6 Å². The van der Waals surface area contributed by atoms with Gasteiger partial charge in [-0.15, -0.1) is 0 Å². The van der Waals surface area contributed by atoms with Crippen LogP contribution in [0.5, 0.6) is 0 Å². The molecule has 0 saturated heterocycles. The minimum Gasteiger partial charge on any atom is -0.366 e. The maximum absolute atomic E-state index is 12.8. The van der Waals surface area contributed by atoms with Crippen LogP contribution in [0.4, 0.5) is 5.69 Å². The normalized spacial score (nSPS) is 10.5. The van der Waals surface area contributed by atoms with Gasteiger partial charge < -0.3 is 11.1 Å². The summed E-state index contributed by atoms with van der Waals surface area (Å²) in [6.45, 7) is 2.01. The number of carbonyl (C=O) groups is 2. The van der Waals surface area contributed by atoms with Gasteiger partial charge in [-0.1, -0.05) is 6.07 Å². The van der Waals surface area contributed by atoms with Crippen LogP contribution in [0.25, 0.3) is 11.3 Å². The van der Waals surface area contributed by atoms with Crippen molar-refractivity contribution in [1.29, 1.82) is 0 Å². The number of pyridine rings is 1. The highest BCUT2D eigenvalue weighted by atomic mass is 16.2. The van der Waals surface area contributed by atoms with Gasteiger partial charge in [0.05, 0.1) is 11.4 Å². The molecule has 4 rings (SSSR count). The van der Waals surface area contributed by atoms with Crippen molar-refractivity contribution in [2.45, 2.75) is 13.3 Å². The van der Waals surface area contributed by atoms with E-state index in [2.05, 4.69) is 20.3 Å². The molecule has 0 radical (unpaired) electrons. The van der Waals surface area contributed by atoms with E-state index in [0.29, 0.717) is 23.2 Å². The Kier molecular flexibility index (Phi) is 5.98. The van der Waals surface area contributed by atoms with Crippen LogP contribution >= 0.6 is 0 Å². The van der Waals surface area contributed by atoms with Gasteiger partial charge in [0.1, 0.15) is 6.33 Å². The second-order valence-corrected chi connectivity index (χ2v) is 7.31. The highest BCUT2D eigenvalue weighted by molar-refractivity contribution is 6.04. The van der Waals surface area contributed by atoms with Crippen molar-refractivity contribution < 1.29 is 9.59 Å². The lowest BCUT2D eigenvalue weighted by atomic mass is 9.97.